The summed E-state index contributed by atoms with van der Waals surface area (Å²) in [4.78, 5) is 36.0. The highest BCUT2D eigenvalue weighted by Gasteiger charge is 2.19. The number of unbranched alkanes of at least 4 members (excludes halogenated alkanes) is 1. The first kappa shape index (κ1) is 23.5. The number of nitrogens with one attached hydrogen (secondary N) is 1. The second-order valence-electron chi connectivity index (χ2n) is 9.01. The number of pyridine rings is 1. The first-order chi connectivity index (χ1) is 17.6. The average molecular weight is 481 g/mol. The number of nitrogens with zero attached hydrogens (tertiary/aromatic N) is 6. The summed E-state index contributed by atoms with van der Waals surface area (Å²) in [6, 6.07) is 9.24. The fraction of sp³-hybridized carbons (Fsp3) is 0.296. The quantitative estimate of drug-likeness (QED) is 0.293. The molecule has 0 spiro atoms. The van der Waals surface area contributed by atoms with Crippen LogP contribution in [0.15, 0.2) is 55.1 Å². The van der Waals surface area contributed by atoms with Crippen LogP contribution in [0, 0.1) is 6.57 Å². The Bertz CT molecular complexity index is 1380. The molecular formula is C27H28N8O. The van der Waals surface area contributed by atoms with Gasteiger partial charge in [0.25, 0.3) is 5.91 Å². The van der Waals surface area contributed by atoms with Crippen LogP contribution in [-0.4, -0.2) is 63.5 Å². The molecule has 9 heteroatoms. The van der Waals surface area contributed by atoms with Crippen molar-refractivity contribution in [2.24, 2.45) is 5.73 Å². The van der Waals surface area contributed by atoms with Gasteiger partial charge < -0.3 is 15.6 Å². The summed E-state index contributed by atoms with van der Waals surface area (Å²) in [5, 5.41) is 1.17. The van der Waals surface area contributed by atoms with E-state index >= 15 is 0 Å². The van der Waals surface area contributed by atoms with Gasteiger partial charge >= 0.3 is 0 Å². The molecule has 1 fully saturated rings. The van der Waals surface area contributed by atoms with E-state index < -0.39 is 5.91 Å². The fourth-order valence-electron chi connectivity index (χ4n) is 4.61. The number of benzene rings is 1. The van der Waals surface area contributed by atoms with Gasteiger partial charge in [0, 0.05) is 67.6 Å². The zero-order chi connectivity index (χ0) is 24.9. The van der Waals surface area contributed by atoms with E-state index in [2.05, 4.69) is 40.8 Å². The standard InChI is InChI=1S/C27H28N8O/c1-29-22-6-8-24-23(14-22)20(16-30-24)4-2-3-9-34-10-12-35(13-11-34)27-32-17-21(18-33-27)19-5-7-25(26(28)36)31-15-19/h5-8,14-18,30H,2-4,9-13H2,(H2,28,36). The Hall–Kier alpha value is -4.29. The topological polar surface area (TPSA) is 108 Å². The average Bonchev–Trinajstić information content (AvgIpc) is 3.33. The summed E-state index contributed by atoms with van der Waals surface area (Å²) in [5.74, 6) is 0.191. The number of fused-ring (bicyclic) bond motifs is 1. The number of hydrogen-bond donors (Lipinski definition) is 2. The van der Waals surface area contributed by atoms with E-state index in [0.29, 0.717) is 5.69 Å². The maximum absolute atomic E-state index is 11.2. The molecule has 1 aromatic carbocycles. The molecule has 0 atom stereocenters. The Morgan fingerprint density at radius 1 is 1.00 bits per heavy atom. The third kappa shape index (κ3) is 5.19. The summed E-state index contributed by atoms with van der Waals surface area (Å²) in [5.41, 5.74) is 10.3. The van der Waals surface area contributed by atoms with Crippen molar-refractivity contribution >= 4 is 28.4 Å². The molecule has 0 bridgehead atoms. The van der Waals surface area contributed by atoms with Gasteiger partial charge in [-0.3, -0.25) is 14.7 Å². The minimum absolute atomic E-state index is 0.238. The number of carbonyl (C=O) groups excluding carboxylic acids is 1. The van der Waals surface area contributed by atoms with Gasteiger partial charge in [-0.1, -0.05) is 12.1 Å². The highest BCUT2D eigenvalue weighted by molar-refractivity contribution is 5.91. The van der Waals surface area contributed by atoms with E-state index in [0.717, 1.165) is 74.6 Å². The Morgan fingerprint density at radius 2 is 1.78 bits per heavy atom. The fourth-order valence-corrected chi connectivity index (χ4v) is 4.61. The summed E-state index contributed by atoms with van der Waals surface area (Å²) < 4.78 is 0. The zero-order valence-electron chi connectivity index (χ0n) is 20.0. The van der Waals surface area contributed by atoms with Crippen LogP contribution >= 0.6 is 0 Å². The smallest absolute Gasteiger partial charge is 0.267 e. The molecule has 0 unspecified atom stereocenters. The van der Waals surface area contributed by atoms with Gasteiger partial charge in [-0.05, 0) is 55.0 Å². The van der Waals surface area contributed by atoms with Gasteiger partial charge in [0.2, 0.25) is 5.95 Å². The largest absolute Gasteiger partial charge is 0.364 e. The van der Waals surface area contributed by atoms with Gasteiger partial charge in [0.05, 0.1) is 6.57 Å². The van der Waals surface area contributed by atoms with Crippen LogP contribution in [0.1, 0.15) is 28.9 Å². The van der Waals surface area contributed by atoms with Crippen molar-refractivity contribution in [3.8, 4) is 11.1 Å². The van der Waals surface area contributed by atoms with Gasteiger partial charge in [0.1, 0.15) is 5.69 Å². The predicted molar refractivity (Wildman–Crippen MR) is 140 cm³/mol. The molecule has 1 saturated heterocycles. The van der Waals surface area contributed by atoms with Crippen molar-refractivity contribution in [3.05, 3.63) is 77.8 Å². The summed E-state index contributed by atoms with van der Waals surface area (Å²) >= 11 is 0. The van der Waals surface area contributed by atoms with Crippen LogP contribution in [0.25, 0.3) is 26.9 Å². The molecule has 4 aromatic rings. The Balaban J connectivity index is 1.08. The third-order valence-corrected chi connectivity index (χ3v) is 6.69. The molecule has 9 nitrogen and oxygen atoms in total. The molecule has 36 heavy (non-hydrogen) atoms. The normalized spacial score (nSPS) is 14.1. The van der Waals surface area contributed by atoms with Crippen molar-refractivity contribution in [2.75, 3.05) is 37.6 Å². The van der Waals surface area contributed by atoms with Gasteiger partial charge in [-0.15, -0.1) is 0 Å². The number of rotatable bonds is 8. The predicted octanol–water partition coefficient (Wildman–Crippen LogP) is 3.81. The zero-order valence-corrected chi connectivity index (χ0v) is 20.0. The van der Waals surface area contributed by atoms with Gasteiger partial charge in [-0.2, -0.15) is 0 Å². The first-order valence-electron chi connectivity index (χ1n) is 12.1. The summed E-state index contributed by atoms with van der Waals surface area (Å²) in [7, 11) is 0. The van der Waals surface area contributed by atoms with Gasteiger partial charge in [-0.25, -0.2) is 14.8 Å². The maximum atomic E-state index is 11.2. The molecule has 5 rings (SSSR count). The first-order valence-corrected chi connectivity index (χ1v) is 12.1. The SMILES string of the molecule is [C-]#[N+]c1ccc2[nH]cc(CCCCN3CCN(c4ncc(-c5ccc(C(N)=O)nc5)cn4)CC3)c2c1. The number of nitrogens with two attached hydrogens (primary N) is 1. The number of aromatic nitrogens is 4. The third-order valence-electron chi connectivity index (χ3n) is 6.69. The molecular weight excluding hydrogens is 452 g/mol. The Morgan fingerprint density at radius 3 is 2.47 bits per heavy atom. The van der Waals surface area contributed by atoms with E-state index in [1.54, 1.807) is 30.7 Å². The minimum Gasteiger partial charge on any atom is -0.364 e. The summed E-state index contributed by atoms with van der Waals surface area (Å²) in [6.07, 6.45) is 10.6. The maximum Gasteiger partial charge on any atom is 0.267 e. The van der Waals surface area contributed by atoms with E-state index in [1.807, 2.05) is 18.2 Å². The number of anilines is 1. The number of primary amides is 1. The van der Waals surface area contributed by atoms with Crippen molar-refractivity contribution in [1.29, 1.82) is 0 Å². The Labute approximate surface area is 209 Å². The van der Waals surface area contributed by atoms with E-state index in [1.165, 1.54) is 10.9 Å². The van der Waals surface area contributed by atoms with Crippen LogP contribution in [0.3, 0.4) is 0 Å². The molecule has 4 heterocycles. The highest BCUT2D eigenvalue weighted by Crippen LogP contribution is 2.25. The molecule has 0 aliphatic carbocycles. The molecule has 1 aliphatic heterocycles. The number of piperazine rings is 1. The van der Waals surface area contributed by atoms with Crippen molar-refractivity contribution in [3.63, 3.8) is 0 Å². The number of carbonyl (C=O) groups is 1. The molecule has 3 N–H and O–H groups in total. The second kappa shape index (κ2) is 10.5. The lowest BCUT2D eigenvalue weighted by Crippen LogP contribution is -2.47. The van der Waals surface area contributed by atoms with Gasteiger partial charge in [0.15, 0.2) is 5.69 Å². The van der Waals surface area contributed by atoms with E-state index in [-0.39, 0.29) is 5.69 Å². The monoisotopic (exact) mass is 480 g/mol. The van der Waals surface area contributed by atoms with Crippen molar-refractivity contribution in [1.82, 2.24) is 24.8 Å². The van der Waals surface area contributed by atoms with Crippen LogP contribution in [0.4, 0.5) is 11.6 Å². The molecule has 182 valence electrons. The lowest BCUT2D eigenvalue weighted by Gasteiger charge is -2.34. The molecule has 1 amide bonds. The van der Waals surface area contributed by atoms with Crippen LogP contribution < -0.4 is 10.6 Å². The lowest BCUT2D eigenvalue weighted by atomic mass is 10.1. The number of aromatic amines is 1. The van der Waals surface area contributed by atoms with Crippen molar-refractivity contribution < 1.29 is 4.79 Å². The Kier molecular flexibility index (Phi) is 6.87. The lowest BCUT2D eigenvalue weighted by molar-refractivity contribution is 0.0995. The molecule has 1 aliphatic rings. The van der Waals surface area contributed by atoms with Crippen LogP contribution in [-0.2, 0) is 6.42 Å². The van der Waals surface area contributed by atoms with Crippen LogP contribution in [0.5, 0.6) is 0 Å². The van der Waals surface area contributed by atoms with E-state index in [9.17, 15) is 4.79 Å². The summed E-state index contributed by atoms with van der Waals surface area (Å²) in [6.45, 7) is 12.1. The minimum atomic E-state index is -0.544. The van der Waals surface area contributed by atoms with Crippen LogP contribution in [0.2, 0.25) is 0 Å². The number of H-pyrrole nitrogens is 1. The highest BCUT2D eigenvalue weighted by atomic mass is 16.1. The molecule has 0 radical (unpaired) electrons. The van der Waals surface area contributed by atoms with E-state index in [4.69, 9.17) is 12.3 Å². The number of aryl methyl sites for hydroxylation is 1. The van der Waals surface area contributed by atoms with Crippen molar-refractivity contribution in [2.45, 2.75) is 19.3 Å². The molecule has 0 saturated carbocycles. The molecule has 3 aromatic heterocycles. The second-order valence-corrected chi connectivity index (χ2v) is 9.01. The number of hydrogen-bond acceptors (Lipinski definition) is 6. The number of amides is 1.